The lowest BCUT2D eigenvalue weighted by atomic mass is 10.1. The zero-order valence-corrected chi connectivity index (χ0v) is 11.3. The topological polar surface area (TPSA) is 21.1 Å². The van der Waals surface area contributed by atoms with E-state index in [-0.39, 0.29) is 6.42 Å². The molecule has 6 heteroatoms. The highest BCUT2D eigenvalue weighted by atomic mass is 19.4. The van der Waals surface area contributed by atoms with Crippen molar-refractivity contribution < 1.29 is 13.2 Å². The van der Waals surface area contributed by atoms with E-state index in [0.29, 0.717) is 32.0 Å². The first-order valence-electron chi connectivity index (χ1n) is 6.72. The Kier molecular flexibility index (Phi) is 4.18. The summed E-state index contributed by atoms with van der Waals surface area (Å²) in [7, 11) is 0. The summed E-state index contributed by atoms with van der Waals surface area (Å²) < 4.78 is 40.3. The van der Waals surface area contributed by atoms with Gasteiger partial charge in [-0.2, -0.15) is 18.3 Å². The zero-order valence-electron chi connectivity index (χ0n) is 11.3. The van der Waals surface area contributed by atoms with Crippen LogP contribution in [0.25, 0.3) is 0 Å². The molecule has 1 aliphatic heterocycles. The Morgan fingerprint density at radius 2 is 2.11 bits per heavy atom. The average Bonchev–Trinajstić information content (AvgIpc) is 2.94. The van der Waals surface area contributed by atoms with Gasteiger partial charge in [0.05, 0.1) is 6.54 Å². The standard InChI is InChI=1S/C13H20F3N3/c1-10(2)11-5-6-17-19(11)9-8-18-7-3-4-12(18)13(14,15)16/h5-6,10,12H,3-4,7-9H2,1-2H3. The van der Waals surface area contributed by atoms with Crippen molar-refractivity contribution in [1.82, 2.24) is 14.7 Å². The van der Waals surface area contributed by atoms with Gasteiger partial charge in [-0.1, -0.05) is 13.8 Å². The third-order valence-corrected chi connectivity index (χ3v) is 3.68. The molecule has 1 atom stereocenters. The van der Waals surface area contributed by atoms with Gasteiger partial charge in [0.1, 0.15) is 6.04 Å². The number of hydrogen-bond acceptors (Lipinski definition) is 2. The SMILES string of the molecule is CC(C)c1ccnn1CCN1CCCC1C(F)(F)F. The predicted octanol–water partition coefficient (Wildman–Crippen LogP) is 3.03. The van der Waals surface area contributed by atoms with E-state index in [0.717, 1.165) is 5.69 Å². The largest absolute Gasteiger partial charge is 0.404 e. The van der Waals surface area contributed by atoms with Gasteiger partial charge in [-0.15, -0.1) is 0 Å². The zero-order chi connectivity index (χ0) is 14.0. The molecule has 0 aliphatic carbocycles. The van der Waals surface area contributed by atoms with Crippen LogP contribution in [-0.2, 0) is 6.54 Å². The molecule has 1 saturated heterocycles. The van der Waals surface area contributed by atoms with Crippen molar-refractivity contribution in [2.75, 3.05) is 13.1 Å². The molecule has 0 saturated carbocycles. The Balaban J connectivity index is 1.97. The molecule has 1 unspecified atom stereocenters. The average molecular weight is 275 g/mol. The van der Waals surface area contributed by atoms with Crippen LogP contribution in [0.3, 0.4) is 0 Å². The van der Waals surface area contributed by atoms with Gasteiger partial charge in [-0.3, -0.25) is 9.58 Å². The van der Waals surface area contributed by atoms with Gasteiger partial charge in [0.2, 0.25) is 0 Å². The molecule has 0 amide bonds. The molecule has 3 nitrogen and oxygen atoms in total. The quantitative estimate of drug-likeness (QED) is 0.842. The first-order valence-corrected chi connectivity index (χ1v) is 6.72. The van der Waals surface area contributed by atoms with Crippen LogP contribution < -0.4 is 0 Å². The van der Waals surface area contributed by atoms with Crippen LogP contribution in [0.2, 0.25) is 0 Å². The molecular weight excluding hydrogens is 255 g/mol. The molecule has 1 aliphatic rings. The summed E-state index contributed by atoms with van der Waals surface area (Å²) in [5.74, 6) is 0.333. The molecular formula is C13H20F3N3. The first-order chi connectivity index (χ1) is 8.89. The van der Waals surface area contributed by atoms with Crippen LogP contribution in [0.15, 0.2) is 12.3 Å². The van der Waals surface area contributed by atoms with E-state index in [9.17, 15) is 13.2 Å². The van der Waals surface area contributed by atoms with Crippen LogP contribution in [0.5, 0.6) is 0 Å². The van der Waals surface area contributed by atoms with Gasteiger partial charge in [0, 0.05) is 18.4 Å². The van der Waals surface area contributed by atoms with Crippen molar-refractivity contribution in [3.63, 3.8) is 0 Å². The second-order valence-corrected chi connectivity index (χ2v) is 5.37. The van der Waals surface area contributed by atoms with Gasteiger partial charge < -0.3 is 0 Å². The summed E-state index contributed by atoms with van der Waals surface area (Å²) in [4.78, 5) is 1.53. The molecule has 108 valence electrons. The molecule has 0 bridgehead atoms. The van der Waals surface area contributed by atoms with Crippen molar-refractivity contribution in [1.29, 1.82) is 0 Å². The van der Waals surface area contributed by atoms with E-state index in [1.165, 1.54) is 4.90 Å². The van der Waals surface area contributed by atoms with Crippen LogP contribution in [0.1, 0.15) is 38.3 Å². The normalized spacial score (nSPS) is 21.5. The van der Waals surface area contributed by atoms with E-state index < -0.39 is 12.2 Å². The second-order valence-electron chi connectivity index (χ2n) is 5.37. The number of rotatable bonds is 4. The van der Waals surface area contributed by atoms with Crippen LogP contribution in [-0.4, -0.2) is 40.0 Å². The molecule has 0 radical (unpaired) electrons. The fraction of sp³-hybridized carbons (Fsp3) is 0.769. The molecule has 1 fully saturated rings. The molecule has 1 aromatic rings. The maximum Gasteiger partial charge on any atom is 0.404 e. The summed E-state index contributed by atoms with van der Waals surface area (Å²) in [6, 6.07) is 0.654. The van der Waals surface area contributed by atoms with Crippen molar-refractivity contribution in [2.24, 2.45) is 0 Å². The maximum atomic E-state index is 12.8. The third-order valence-electron chi connectivity index (χ3n) is 3.68. The lowest BCUT2D eigenvalue weighted by molar-refractivity contribution is -0.176. The summed E-state index contributed by atoms with van der Waals surface area (Å²) >= 11 is 0. The van der Waals surface area contributed by atoms with Gasteiger partial charge >= 0.3 is 6.18 Å². The second kappa shape index (κ2) is 5.53. The Labute approximate surface area is 111 Å². The third kappa shape index (κ3) is 3.29. The lowest BCUT2D eigenvalue weighted by Gasteiger charge is -2.26. The van der Waals surface area contributed by atoms with E-state index in [1.54, 1.807) is 6.20 Å². The van der Waals surface area contributed by atoms with E-state index in [4.69, 9.17) is 0 Å². The first kappa shape index (κ1) is 14.4. The van der Waals surface area contributed by atoms with Gasteiger partial charge in [-0.05, 0) is 31.4 Å². The van der Waals surface area contributed by atoms with Crippen molar-refractivity contribution in [3.05, 3.63) is 18.0 Å². The van der Waals surface area contributed by atoms with Crippen molar-refractivity contribution in [2.45, 2.75) is 51.4 Å². The fourth-order valence-corrected chi connectivity index (χ4v) is 2.71. The molecule has 2 rings (SSSR count). The van der Waals surface area contributed by atoms with Crippen LogP contribution >= 0.6 is 0 Å². The number of aromatic nitrogens is 2. The van der Waals surface area contributed by atoms with E-state index in [2.05, 4.69) is 18.9 Å². The number of halogens is 3. The van der Waals surface area contributed by atoms with Gasteiger partial charge in [0.15, 0.2) is 0 Å². The van der Waals surface area contributed by atoms with Crippen molar-refractivity contribution in [3.8, 4) is 0 Å². The smallest absolute Gasteiger partial charge is 0.290 e. The number of nitrogens with zero attached hydrogens (tertiary/aromatic N) is 3. The summed E-state index contributed by atoms with van der Waals surface area (Å²) in [5, 5.41) is 4.19. The molecule has 2 heterocycles. The van der Waals surface area contributed by atoms with Gasteiger partial charge in [0.25, 0.3) is 0 Å². The van der Waals surface area contributed by atoms with Gasteiger partial charge in [-0.25, -0.2) is 0 Å². The van der Waals surface area contributed by atoms with E-state index >= 15 is 0 Å². The Bertz CT molecular complexity index is 412. The molecule has 0 N–H and O–H groups in total. The fourth-order valence-electron chi connectivity index (χ4n) is 2.71. The lowest BCUT2D eigenvalue weighted by Crippen LogP contribution is -2.42. The highest BCUT2D eigenvalue weighted by Crippen LogP contribution is 2.32. The summed E-state index contributed by atoms with van der Waals surface area (Å²) in [5.41, 5.74) is 1.07. The highest BCUT2D eigenvalue weighted by Gasteiger charge is 2.45. The van der Waals surface area contributed by atoms with E-state index in [1.807, 2.05) is 10.7 Å². The number of alkyl halides is 3. The molecule has 1 aromatic heterocycles. The van der Waals surface area contributed by atoms with Crippen LogP contribution in [0, 0.1) is 0 Å². The predicted molar refractivity (Wildman–Crippen MR) is 67.0 cm³/mol. The molecule has 19 heavy (non-hydrogen) atoms. The number of likely N-dealkylation sites (tertiary alicyclic amines) is 1. The summed E-state index contributed by atoms with van der Waals surface area (Å²) in [6.07, 6.45) is -1.55. The Morgan fingerprint density at radius 1 is 1.37 bits per heavy atom. The minimum absolute atomic E-state index is 0.222. The van der Waals surface area contributed by atoms with Crippen molar-refractivity contribution >= 4 is 0 Å². The molecule has 0 aromatic carbocycles. The minimum atomic E-state index is -4.11. The minimum Gasteiger partial charge on any atom is -0.290 e. The Morgan fingerprint density at radius 3 is 2.74 bits per heavy atom. The summed E-state index contributed by atoms with van der Waals surface area (Å²) in [6.45, 7) is 5.57. The number of hydrogen-bond donors (Lipinski definition) is 0. The Hall–Kier alpha value is -1.04. The van der Waals surface area contributed by atoms with Crippen LogP contribution in [0.4, 0.5) is 13.2 Å². The monoisotopic (exact) mass is 275 g/mol. The highest BCUT2D eigenvalue weighted by molar-refractivity contribution is 5.05. The maximum absolute atomic E-state index is 12.8. The molecule has 0 spiro atoms.